The topological polar surface area (TPSA) is 101 Å². The van der Waals surface area contributed by atoms with Gasteiger partial charge in [-0.15, -0.1) is 0 Å². The van der Waals surface area contributed by atoms with E-state index in [0.29, 0.717) is 25.0 Å². The number of nitrogens with zero attached hydrogens (tertiary/aromatic N) is 3. The summed E-state index contributed by atoms with van der Waals surface area (Å²) in [6.07, 6.45) is 0. The maximum atomic E-state index is 11.6. The van der Waals surface area contributed by atoms with Crippen molar-refractivity contribution in [3.05, 3.63) is 0 Å². The quantitative estimate of drug-likeness (QED) is 0.651. The van der Waals surface area contributed by atoms with Crippen molar-refractivity contribution in [3.63, 3.8) is 0 Å². The number of nitrogens with one attached hydrogen (secondary N) is 3. The Balaban J connectivity index is 2.81. The first-order chi connectivity index (χ1) is 9.10. The van der Waals surface area contributed by atoms with Crippen LogP contribution in [0.4, 0.5) is 11.9 Å². The largest absolute Gasteiger partial charge is 0.464 e. The monoisotopic (exact) mass is 268 g/mol. The molecule has 0 bridgehead atoms. The zero-order valence-corrected chi connectivity index (χ0v) is 11.6. The number of aromatic nitrogens is 3. The lowest BCUT2D eigenvalue weighted by atomic mass is 10.3. The Labute approximate surface area is 112 Å². The fourth-order valence-corrected chi connectivity index (χ4v) is 1.31. The molecule has 0 aromatic carbocycles. The molecular formula is C11H20N6O2. The van der Waals surface area contributed by atoms with Gasteiger partial charge in [0.15, 0.2) is 0 Å². The molecule has 106 valence electrons. The summed E-state index contributed by atoms with van der Waals surface area (Å²) >= 11 is 0. The summed E-state index contributed by atoms with van der Waals surface area (Å²) < 4.78 is 5.24. The van der Waals surface area contributed by atoms with Crippen molar-refractivity contribution in [2.45, 2.75) is 26.8 Å². The van der Waals surface area contributed by atoms with Crippen molar-refractivity contribution in [2.75, 3.05) is 30.8 Å². The van der Waals surface area contributed by atoms with E-state index in [1.54, 1.807) is 14.0 Å². The molecule has 0 aliphatic carbocycles. The standard InChI is InChI=1S/C11H20N6O2/c1-5-13-8(18)7(3)14-10-15-9(12-4)16-11(17-10)19-6-2/h7H,5-6H2,1-4H3,(H,13,18)(H2,12,14,15,16,17). The number of hydrogen-bond acceptors (Lipinski definition) is 7. The Kier molecular flexibility index (Phi) is 5.77. The molecule has 0 saturated carbocycles. The van der Waals surface area contributed by atoms with Crippen LogP contribution < -0.4 is 20.7 Å². The lowest BCUT2D eigenvalue weighted by Gasteiger charge is -2.14. The lowest BCUT2D eigenvalue weighted by Crippen LogP contribution is -2.37. The number of likely N-dealkylation sites (N-methyl/N-ethyl adjacent to an activating group) is 1. The second-order valence-electron chi connectivity index (χ2n) is 3.71. The lowest BCUT2D eigenvalue weighted by molar-refractivity contribution is -0.121. The average molecular weight is 268 g/mol. The third kappa shape index (κ3) is 4.57. The Bertz CT molecular complexity index is 426. The van der Waals surface area contributed by atoms with E-state index in [9.17, 15) is 4.79 Å². The van der Waals surface area contributed by atoms with Crippen LogP contribution in [0, 0.1) is 0 Å². The maximum Gasteiger partial charge on any atom is 0.323 e. The second-order valence-corrected chi connectivity index (χ2v) is 3.71. The molecule has 1 unspecified atom stereocenters. The summed E-state index contributed by atoms with van der Waals surface area (Å²) in [5, 5.41) is 8.43. The van der Waals surface area contributed by atoms with Crippen molar-refractivity contribution >= 4 is 17.8 Å². The highest BCUT2D eigenvalue weighted by Gasteiger charge is 2.14. The van der Waals surface area contributed by atoms with E-state index >= 15 is 0 Å². The maximum absolute atomic E-state index is 11.6. The number of carbonyl (C=O) groups is 1. The molecule has 19 heavy (non-hydrogen) atoms. The van der Waals surface area contributed by atoms with Crippen molar-refractivity contribution in [2.24, 2.45) is 0 Å². The van der Waals surface area contributed by atoms with Crippen LogP contribution >= 0.6 is 0 Å². The van der Waals surface area contributed by atoms with Crippen LogP contribution in [0.2, 0.25) is 0 Å². The molecule has 0 fully saturated rings. The summed E-state index contributed by atoms with van der Waals surface area (Å²) in [4.78, 5) is 23.8. The minimum absolute atomic E-state index is 0.119. The van der Waals surface area contributed by atoms with Crippen LogP contribution in [0.3, 0.4) is 0 Å². The summed E-state index contributed by atoms with van der Waals surface area (Å²) in [5.41, 5.74) is 0. The van der Waals surface area contributed by atoms with Gasteiger partial charge < -0.3 is 20.7 Å². The molecule has 1 atom stereocenters. The molecule has 0 aliphatic heterocycles. The third-order valence-electron chi connectivity index (χ3n) is 2.20. The number of ether oxygens (including phenoxy) is 1. The van der Waals surface area contributed by atoms with Gasteiger partial charge in [-0.25, -0.2) is 0 Å². The minimum atomic E-state index is -0.443. The van der Waals surface area contributed by atoms with Crippen molar-refractivity contribution in [1.82, 2.24) is 20.3 Å². The molecule has 0 spiro atoms. The molecule has 3 N–H and O–H groups in total. The zero-order chi connectivity index (χ0) is 14.3. The zero-order valence-electron chi connectivity index (χ0n) is 11.6. The van der Waals surface area contributed by atoms with Gasteiger partial charge in [-0.1, -0.05) is 0 Å². The number of amides is 1. The molecule has 1 aromatic rings. The number of rotatable bonds is 7. The number of hydrogen-bond donors (Lipinski definition) is 3. The van der Waals surface area contributed by atoms with Crippen LogP contribution in [0.25, 0.3) is 0 Å². The Morgan fingerprint density at radius 1 is 1.26 bits per heavy atom. The number of anilines is 2. The fourth-order valence-electron chi connectivity index (χ4n) is 1.31. The van der Waals surface area contributed by atoms with E-state index in [1.807, 2.05) is 13.8 Å². The summed E-state index contributed by atoms with van der Waals surface area (Å²) in [6, 6.07) is -0.228. The van der Waals surface area contributed by atoms with Gasteiger partial charge >= 0.3 is 6.01 Å². The molecule has 8 nitrogen and oxygen atoms in total. The van der Waals surface area contributed by atoms with Gasteiger partial charge in [0.25, 0.3) is 0 Å². The first-order valence-corrected chi connectivity index (χ1v) is 6.21. The molecular weight excluding hydrogens is 248 g/mol. The summed E-state index contributed by atoms with van der Waals surface area (Å²) in [7, 11) is 1.70. The van der Waals surface area contributed by atoms with Gasteiger partial charge in [0, 0.05) is 13.6 Å². The van der Waals surface area contributed by atoms with Crippen LogP contribution in [-0.2, 0) is 4.79 Å². The molecule has 1 amide bonds. The van der Waals surface area contributed by atoms with Crippen LogP contribution in [-0.4, -0.2) is 47.1 Å². The third-order valence-corrected chi connectivity index (χ3v) is 2.20. The Morgan fingerprint density at radius 2 is 1.95 bits per heavy atom. The van der Waals surface area contributed by atoms with Gasteiger partial charge in [-0.2, -0.15) is 15.0 Å². The molecule has 1 aromatic heterocycles. The van der Waals surface area contributed by atoms with E-state index < -0.39 is 6.04 Å². The average Bonchev–Trinajstić information content (AvgIpc) is 2.39. The summed E-state index contributed by atoms with van der Waals surface area (Å²) in [5.74, 6) is 0.553. The van der Waals surface area contributed by atoms with E-state index in [2.05, 4.69) is 30.9 Å². The van der Waals surface area contributed by atoms with Crippen LogP contribution in [0.15, 0.2) is 0 Å². The van der Waals surface area contributed by atoms with E-state index in [-0.39, 0.29) is 11.9 Å². The van der Waals surface area contributed by atoms with Crippen LogP contribution in [0.1, 0.15) is 20.8 Å². The highest BCUT2D eigenvalue weighted by Crippen LogP contribution is 2.11. The van der Waals surface area contributed by atoms with Crippen molar-refractivity contribution in [3.8, 4) is 6.01 Å². The van der Waals surface area contributed by atoms with Gasteiger partial charge in [0.05, 0.1) is 6.61 Å². The van der Waals surface area contributed by atoms with Crippen molar-refractivity contribution in [1.29, 1.82) is 0 Å². The SMILES string of the molecule is CCNC(=O)C(C)Nc1nc(NC)nc(OCC)n1. The second kappa shape index (κ2) is 7.34. The molecule has 0 radical (unpaired) electrons. The molecule has 0 aliphatic rings. The first kappa shape index (κ1) is 14.9. The Hall–Kier alpha value is -2.12. The molecule has 1 heterocycles. The van der Waals surface area contributed by atoms with Gasteiger partial charge in [0.2, 0.25) is 17.8 Å². The normalized spacial score (nSPS) is 11.6. The van der Waals surface area contributed by atoms with Gasteiger partial charge in [-0.05, 0) is 20.8 Å². The molecule has 8 heteroatoms. The highest BCUT2D eigenvalue weighted by atomic mass is 16.5. The van der Waals surface area contributed by atoms with Gasteiger partial charge in [-0.3, -0.25) is 4.79 Å². The Morgan fingerprint density at radius 3 is 2.53 bits per heavy atom. The summed E-state index contributed by atoms with van der Waals surface area (Å²) in [6.45, 7) is 6.47. The fraction of sp³-hybridized carbons (Fsp3) is 0.636. The smallest absolute Gasteiger partial charge is 0.323 e. The van der Waals surface area contributed by atoms with E-state index in [4.69, 9.17) is 4.74 Å². The molecule has 0 saturated heterocycles. The van der Waals surface area contributed by atoms with Gasteiger partial charge in [0.1, 0.15) is 6.04 Å². The molecule has 1 rings (SSSR count). The van der Waals surface area contributed by atoms with E-state index in [0.717, 1.165) is 0 Å². The van der Waals surface area contributed by atoms with E-state index in [1.165, 1.54) is 0 Å². The predicted molar refractivity (Wildman–Crippen MR) is 72.3 cm³/mol. The minimum Gasteiger partial charge on any atom is -0.464 e. The number of carbonyl (C=O) groups excluding carboxylic acids is 1. The highest BCUT2D eigenvalue weighted by molar-refractivity contribution is 5.83. The van der Waals surface area contributed by atoms with Crippen molar-refractivity contribution < 1.29 is 9.53 Å². The van der Waals surface area contributed by atoms with Crippen LogP contribution in [0.5, 0.6) is 6.01 Å². The predicted octanol–water partition coefficient (Wildman–Crippen LogP) is 0.248. The first-order valence-electron chi connectivity index (χ1n) is 6.21.